The Labute approximate surface area is 215 Å². The zero-order valence-corrected chi connectivity index (χ0v) is 22.6. The van der Waals surface area contributed by atoms with Crippen molar-refractivity contribution in [2.24, 2.45) is 5.41 Å². The lowest BCUT2D eigenvalue weighted by atomic mass is 9.91. The van der Waals surface area contributed by atoms with Gasteiger partial charge in [0.05, 0.1) is 19.6 Å². The largest absolute Gasteiger partial charge is 0.497 e. The summed E-state index contributed by atoms with van der Waals surface area (Å²) in [6.45, 7) is 8.04. The van der Waals surface area contributed by atoms with Crippen LogP contribution in [-0.2, 0) is 27.3 Å². The van der Waals surface area contributed by atoms with E-state index in [2.05, 4.69) is 26.1 Å². The zero-order chi connectivity index (χ0) is 26.3. The Morgan fingerprint density at radius 2 is 1.83 bits per heavy atom. The molecule has 2 aromatic rings. The van der Waals surface area contributed by atoms with Crippen LogP contribution < -0.4 is 15.0 Å². The molecular weight excluding hydrogens is 454 g/mol. The van der Waals surface area contributed by atoms with Crippen molar-refractivity contribution in [3.05, 3.63) is 53.6 Å². The van der Waals surface area contributed by atoms with Crippen molar-refractivity contribution in [1.82, 2.24) is 4.90 Å². The summed E-state index contributed by atoms with van der Waals surface area (Å²) >= 11 is 0. The second-order valence-corrected chi connectivity index (χ2v) is 11.0. The van der Waals surface area contributed by atoms with Gasteiger partial charge in [0.25, 0.3) is 0 Å². The summed E-state index contributed by atoms with van der Waals surface area (Å²) in [6.07, 6.45) is 2.81. The highest BCUT2D eigenvalue weighted by Gasteiger charge is 2.26. The third kappa shape index (κ3) is 8.26. The van der Waals surface area contributed by atoms with Gasteiger partial charge < -0.3 is 24.6 Å². The van der Waals surface area contributed by atoms with Crippen molar-refractivity contribution < 1.29 is 19.1 Å². The van der Waals surface area contributed by atoms with Gasteiger partial charge in [0.2, 0.25) is 11.8 Å². The number of nitrogens with one attached hydrogen (secondary N) is 1. The molecule has 7 nitrogen and oxygen atoms in total. The van der Waals surface area contributed by atoms with Gasteiger partial charge in [-0.1, -0.05) is 32.9 Å². The van der Waals surface area contributed by atoms with Crippen molar-refractivity contribution in [3.63, 3.8) is 0 Å². The minimum Gasteiger partial charge on any atom is -0.497 e. The van der Waals surface area contributed by atoms with Gasteiger partial charge in [-0.3, -0.25) is 9.59 Å². The Morgan fingerprint density at radius 1 is 1.11 bits per heavy atom. The minimum absolute atomic E-state index is 0.0732. The number of methoxy groups -OCH3 is 1. The molecule has 2 amide bonds. The standard InChI is InChI=1S/C29H41N3O4/c1-29(2,3)18-28(34)32(20-25-8-7-15-36-25)19-22-17-23(11-14-26(22)31(4)5)30-27(33)16-21-9-12-24(35-6)13-10-21/h9-14,17,25H,7-8,15-16,18-20H2,1-6H3,(H,30,33). The van der Waals surface area contributed by atoms with Crippen LogP contribution in [0, 0.1) is 5.41 Å². The van der Waals surface area contributed by atoms with E-state index in [0.717, 1.165) is 47.7 Å². The number of hydrogen-bond acceptors (Lipinski definition) is 5. The first-order chi connectivity index (χ1) is 17.0. The van der Waals surface area contributed by atoms with Crippen LogP contribution in [0.15, 0.2) is 42.5 Å². The van der Waals surface area contributed by atoms with E-state index in [1.807, 2.05) is 66.4 Å². The molecule has 3 rings (SSSR count). The molecule has 0 bridgehead atoms. The summed E-state index contributed by atoms with van der Waals surface area (Å²) < 4.78 is 11.0. The summed E-state index contributed by atoms with van der Waals surface area (Å²) in [4.78, 5) is 30.0. The van der Waals surface area contributed by atoms with E-state index in [-0.39, 0.29) is 29.8 Å². The van der Waals surface area contributed by atoms with Gasteiger partial charge in [0, 0.05) is 51.6 Å². The number of carbonyl (C=O) groups excluding carboxylic acids is 2. The molecule has 1 unspecified atom stereocenters. The summed E-state index contributed by atoms with van der Waals surface area (Å²) in [5.74, 6) is 0.789. The highest BCUT2D eigenvalue weighted by molar-refractivity contribution is 5.92. The molecule has 1 aliphatic heterocycles. The highest BCUT2D eigenvalue weighted by Crippen LogP contribution is 2.28. The third-order valence-electron chi connectivity index (χ3n) is 6.21. The van der Waals surface area contributed by atoms with Crippen molar-refractivity contribution in [2.45, 2.75) is 59.1 Å². The van der Waals surface area contributed by atoms with Crippen molar-refractivity contribution in [1.29, 1.82) is 0 Å². The van der Waals surface area contributed by atoms with Gasteiger partial charge in [-0.15, -0.1) is 0 Å². The van der Waals surface area contributed by atoms with E-state index in [4.69, 9.17) is 9.47 Å². The van der Waals surface area contributed by atoms with Crippen LogP contribution in [0.25, 0.3) is 0 Å². The molecular formula is C29H41N3O4. The second kappa shape index (κ2) is 12.3. The molecule has 1 saturated heterocycles. The number of ether oxygens (including phenoxy) is 2. The maximum absolute atomic E-state index is 13.3. The fraction of sp³-hybridized carbons (Fsp3) is 0.517. The van der Waals surface area contributed by atoms with Crippen LogP contribution in [0.3, 0.4) is 0 Å². The Kier molecular flexibility index (Phi) is 9.37. The maximum Gasteiger partial charge on any atom is 0.228 e. The molecule has 0 saturated carbocycles. The molecule has 1 fully saturated rings. The number of amides is 2. The third-order valence-corrected chi connectivity index (χ3v) is 6.21. The summed E-state index contributed by atoms with van der Waals surface area (Å²) in [5, 5.41) is 3.02. The second-order valence-electron chi connectivity index (χ2n) is 11.0. The fourth-order valence-electron chi connectivity index (χ4n) is 4.42. The quantitative estimate of drug-likeness (QED) is 0.508. The smallest absolute Gasteiger partial charge is 0.228 e. The Hall–Kier alpha value is -3.06. The van der Waals surface area contributed by atoms with Crippen LogP contribution in [0.2, 0.25) is 0 Å². The van der Waals surface area contributed by atoms with Crippen molar-refractivity contribution in [3.8, 4) is 5.75 Å². The molecule has 196 valence electrons. The van der Waals surface area contributed by atoms with E-state index in [0.29, 0.717) is 19.5 Å². The van der Waals surface area contributed by atoms with Crippen LogP contribution in [0.4, 0.5) is 11.4 Å². The topological polar surface area (TPSA) is 71.1 Å². The van der Waals surface area contributed by atoms with E-state index in [1.165, 1.54) is 0 Å². The molecule has 1 N–H and O–H groups in total. The average molecular weight is 496 g/mol. The average Bonchev–Trinajstić information content (AvgIpc) is 3.31. The Balaban J connectivity index is 1.78. The first-order valence-corrected chi connectivity index (χ1v) is 12.7. The molecule has 7 heteroatoms. The van der Waals surface area contributed by atoms with Crippen molar-refractivity contribution >= 4 is 23.2 Å². The summed E-state index contributed by atoms with van der Waals surface area (Å²) in [7, 11) is 5.60. The fourth-order valence-corrected chi connectivity index (χ4v) is 4.42. The number of rotatable bonds is 10. The monoisotopic (exact) mass is 495 g/mol. The normalized spacial score (nSPS) is 15.4. The van der Waals surface area contributed by atoms with E-state index >= 15 is 0 Å². The van der Waals surface area contributed by atoms with Gasteiger partial charge in [-0.25, -0.2) is 0 Å². The lowest BCUT2D eigenvalue weighted by Crippen LogP contribution is -2.38. The Morgan fingerprint density at radius 3 is 2.42 bits per heavy atom. The number of benzene rings is 2. The van der Waals surface area contributed by atoms with Gasteiger partial charge in [0.15, 0.2) is 0 Å². The van der Waals surface area contributed by atoms with E-state index < -0.39 is 0 Å². The predicted molar refractivity (Wildman–Crippen MR) is 145 cm³/mol. The predicted octanol–water partition coefficient (Wildman–Crippen LogP) is 4.89. The van der Waals surface area contributed by atoms with Gasteiger partial charge in [0.1, 0.15) is 5.75 Å². The number of hydrogen-bond donors (Lipinski definition) is 1. The highest BCUT2D eigenvalue weighted by atomic mass is 16.5. The molecule has 0 aromatic heterocycles. The molecule has 36 heavy (non-hydrogen) atoms. The summed E-state index contributed by atoms with van der Waals surface area (Å²) in [5.41, 5.74) is 3.53. The van der Waals surface area contributed by atoms with Crippen LogP contribution in [0.5, 0.6) is 5.75 Å². The van der Waals surface area contributed by atoms with Crippen molar-refractivity contribution in [2.75, 3.05) is 44.6 Å². The number of nitrogens with zero attached hydrogens (tertiary/aromatic N) is 2. The first-order valence-electron chi connectivity index (χ1n) is 12.7. The first kappa shape index (κ1) is 27.5. The maximum atomic E-state index is 13.3. The Bertz CT molecular complexity index is 1020. The van der Waals surface area contributed by atoms with Gasteiger partial charge >= 0.3 is 0 Å². The van der Waals surface area contributed by atoms with Crippen LogP contribution in [-0.4, -0.2) is 57.2 Å². The molecule has 2 aromatic carbocycles. The van der Waals surface area contributed by atoms with Crippen LogP contribution >= 0.6 is 0 Å². The molecule has 0 radical (unpaired) electrons. The minimum atomic E-state index is -0.104. The molecule has 1 aliphatic rings. The van der Waals surface area contributed by atoms with Gasteiger partial charge in [-0.05, 0) is 59.7 Å². The zero-order valence-electron chi connectivity index (χ0n) is 22.6. The number of anilines is 2. The van der Waals surface area contributed by atoms with Crippen LogP contribution in [0.1, 0.15) is 51.2 Å². The SMILES string of the molecule is COc1ccc(CC(=O)Nc2ccc(N(C)C)c(CN(CC3CCCO3)C(=O)CC(C)(C)C)c2)cc1. The van der Waals surface area contributed by atoms with E-state index in [1.54, 1.807) is 7.11 Å². The summed E-state index contributed by atoms with van der Waals surface area (Å²) in [6, 6.07) is 13.4. The lowest BCUT2D eigenvalue weighted by molar-refractivity contribution is -0.135. The number of carbonyl (C=O) groups is 2. The molecule has 1 atom stereocenters. The van der Waals surface area contributed by atoms with E-state index in [9.17, 15) is 9.59 Å². The lowest BCUT2D eigenvalue weighted by Gasteiger charge is -2.30. The molecule has 0 aliphatic carbocycles. The molecule has 0 spiro atoms. The molecule has 1 heterocycles. The van der Waals surface area contributed by atoms with Gasteiger partial charge in [-0.2, -0.15) is 0 Å².